The third-order valence-corrected chi connectivity index (χ3v) is 4.54. The summed E-state index contributed by atoms with van der Waals surface area (Å²) < 4.78 is 10.5. The summed E-state index contributed by atoms with van der Waals surface area (Å²) in [6.07, 6.45) is 0.861. The number of ether oxygens (including phenoxy) is 2. The molecule has 1 amide bonds. The molecule has 0 fully saturated rings. The fraction of sp³-hybridized carbons (Fsp3) is 0.300. The van der Waals surface area contributed by atoms with E-state index in [-0.39, 0.29) is 18.4 Å². The molecule has 0 unspecified atom stereocenters. The average Bonchev–Trinajstić information content (AvgIpc) is 2.71. The van der Waals surface area contributed by atoms with Gasteiger partial charge in [-0.05, 0) is 29.7 Å². The number of nitrogens with two attached hydrogens (primary N) is 1. The highest BCUT2D eigenvalue weighted by Crippen LogP contribution is 2.28. The number of amides is 1. The van der Waals surface area contributed by atoms with Crippen LogP contribution in [0.4, 0.5) is 5.69 Å². The first-order chi connectivity index (χ1) is 13.1. The van der Waals surface area contributed by atoms with Crippen LogP contribution in [0.5, 0.6) is 11.5 Å². The van der Waals surface area contributed by atoms with Gasteiger partial charge < -0.3 is 25.4 Å². The van der Waals surface area contributed by atoms with Crippen LogP contribution in [-0.2, 0) is 17.8 Å². The molecule has 0 aliphatic carbocycles. The maximum atomic E-state index is 12.5. The van der Waals surface area contributed by atoms with Crippen LogP contribution in [0.25, 0.3) is 0 Å². The van der Waals surface area contributed by atoms with Crippen molar-refractivity contribution in [1.82, 2.24) is 4.90 Å². The van der Waals surface area contributed by atoms with Gasteiger partial charge in [-0.1, -0.05) is 24.3 Å². The van der Waals surface area contributed by atoms with Gasteiger partial charge in [0.15, 0.2) is 5.96 Å². The van der Waals surface area contributed by atoms with Gasteiger partial charge in [-0.15, -0.1) is 0 Å². The van der Waals surface area contributed by atoms with Crippen molar-refractivity contribution in [3.05, 3.63) is 53.6 Å². The highest BCUT2D eigenvalue weighted by Gasteiger charge is 2.20. The van der Waals surface area contributed by atoms with Gasteiger partial charge in [0.25, 0.3) is 0 Å². The minimum atomic E-state index is -0.0492. The summed E-state index contributed by atoms with van der Waals surface area (Å²) in [6.45, 7) is 1.30. The number of hydrogen-bond donors (Lipinski definition) is 2. The van der Waals surface area contributed by atoms with Crippen molar-refractivity contribution in [3.8, 4) is 11.5 Å². The predicted octanol–water partition coefficient (Wildman–Crippen LogP) is 2.02. The highest BCUT2D eigenvalue weighted by atomic mass is 16.5. The molecule has 0 radical (unpaired) electrons. The van der Waals surface area contributed by atoms with Crippen molar-refractivity contribution in [2.75, 3.05) is 32.6 Å². The van der Waals surface area contributed by atoms with Gasteiger partial charge in [0.05, 0.1) is 19.9 Å². The number of nitrogens with one attached hydrogen (secondary N) is 1. The second kappa shape index (κ2) is 8.44. The molecule has 0 atom stereocenters. The summed E-state index contributed by atoms with van der Waals surface area (Å²) in [4.78, 5) is 18.5. The topological polar surface area (TPSA) is 89.2 Å². The minimum absolute atomic E-state index is 0.00666. The smallest absolute Gasteiger partial charge is 0.244 e. The Morgan fingerprint density at radius 1 is 1.19 bits per heavy atom. The Balaban J connectivity index is 1.62. The Kier molecular flexibility index (Phi) is 5.80. The zero-order valence-electron chi connectivity index (χ0n) is 15.6. The molecular weight excluding hydrogens is 344 g/mol. The van der Waals surface area contributed by atoms with Crippen molar-refractivity contribution < 1.29 is 14.3 Å². The van der Waals surface area contributed by atoms with Crippen LogP contribution in [-0.4, -0.2) is 44.1 Å². The quantitative estimate of drug-likeness (QED) is 0.623. The number of anilines is 1. The Bertz CT molecular complexity index is 851. The number of carbonyl (C=O) groups excluding carboxylic acids is 1. The molecule has 3 rings (SSSR count). The van der Waals surface area contributed by atoms with Crippen molar-refractivity contribution in [3.63, 3.8) is 0 Å². The van der Waals surface area contributed by atoms with E-state index >= 15 is 0 Å². The van der Waals surface area contributed by atoms with Crippen molar-refractivity contribution in [1.29, 1.82) is 0 Å². The van der Waals surface area contributed by atoms with Crippen LogP contribution >= 0.6 is 0 Å². The number of benzene rings is 2. The molecule has 7 heteroatoms. The lowest BCUT2D eigenvalue weighted by Crippen LogP contribution is -2.38. The lowest BCUT2D eigenvalue weighted by atomic mass is 10.00. The minimum Gasteiger partial charge on any atom is -0.497 e. The van der Waals surface area contributed by atoms with Crippen LogP contribution in [0.1, 0.15) is 11.1 Å². The first-order valence-corrected chi connectivity index (χ1v) is 8.74. The number of carbonyl (C=O) groups is 1. The van der Waals surface area contributed by atoms with Crippen LogP contribution < -0.4 is 20.5 Å². The molecule has 0 saturated carbocycles. The van der Waals surface area contributed by atoms with E-state index in [4.69, 9.17) is 15.2 Å². The fourth-order valence-corrected chi connectivity index (χ4v) is 3.05. The second-order valence-corrected chi connectivity index (χ2v) is 6.23. The van der Waals surface area contributed by atoms with E-state index in [1.54, 1.807) is 32.4 Å². The zero-order valence-corrected chi connectivity index (χ0v) is 15.6. The van der Waals surface area contributed by atoms with Gasteiger partial charge in [-0.25, -0.2) is 4.99 Å². The van der Waals surface area contributed by atoms with Gasteiger partial charge in [-0.3, -0.25) is 4.79 Å². The summed E-state index contributed by atoms with van der Waals surface area (Å²) in [5.74, 6) is 1.36. The number of hydrogen-bond acceptors (Lipinski definition) is 4. The molecule has 3 N–H and O–H groups in total. The van der Waals surface area contributed by atoms with E-state index in [1.165, 1.54) is 11.1 Å². The molecule has 7 nitrogen and oxygen atoms in total. The number of fused-ring (bicyclic) bond motifs is 1. The molecule has 142 valence electrons. The van der Waals surface area contributed by atoms with E-state index in [9.17, 15) is 4.79 Å². The molecule has 0 bridgehead atoms. The lowest BCUT2D eigenvalue weighted by molar-refractivity contribution is -0.130. The van der Waals surface area contributed by atoms with Crippen LogP contribution in [0, 0.1) is 0 Å². The van der Waals surface area contributed by atoms with Crippen molar-refractivity contribution in [2.24, 2.45) is 10.7 Å². The summed E-state index contributed by atoms with van der Waals surface area (Å²) in [6, 6.07) is 13.5. The molecule has 1 aliphatic rings. The molecule has 2 aromatic carbocycles. The standard InChI is InChI=1S/C20H24N4O3/c1-26-16-7-8-18(27-2)17(11-16)23-20(21)22-12-19(25)24-10-9-14-5-3-4-6-15(14)13-24/h3-8,11H,9-10,12-13H2,1-2H3,(H3,21,22,23). The van der Waals surface area contributed by atoms with Gasteiger partial charge in [0.2, 0.25) is 5.91 Å². The molecule has 2 aromatic rings. The third kappa shape index (κ3) is 4.49. The van der Waals surface area contributed by atoms with Gasteiger partial charge in [-0.2, -0.15) is 0 Å². The van der Waals surface area contributed by atoms with E-state index in [0.29, 0.717) is 30.3 Å². The zero-order chi connectivity index (χ0) is 19.2. The number of rotatable bonds is 5. The predicted molar refractivity (Wildman–Crippen MR) is 105 cm³/mol. The molecular formula is C20H24N4O3. The molecule has 0 spiro atoms. The summed E-state index contributed by atoms with van der Waals surface area (Å²) in [5.41, 5.74) is 9.06. The van der Waals surface area contributed by atoms with Gasteiger partial charge in [0.1, 0.15) is 18.0 Å². The Labute approximate surface area is 158 Å². The molecule has 27 heavy (non-hydrogen) atoms. The second-order valence-electron chi connectivity index (χ2n) is 6.23. The molecule has 0 saturated heterocycles. The van der Waals surface area contributed by atoms with Gasteiger partial charge in [0, 0.05) is 19.2 Å². The number of aliphatic imine (C=N–C) groups is 1. The Hall–Kier alpha value is -3.22. The Morgan fingerprint density at radius 3 is 2.70 bits per heavy atom. The number of methoxy groups -OCH3 is 2. The SMILES string of the molecule is COc1ccc(OC)c(NC(N)=NCC(=O)N2CCc3ccccc3C2)c1. The van der Waals surface area contributed by atoms with Crippen molar-refractivity contribution >= 4 is 17.6 Å². The number of guanidine groups is 1. The lowest BCUT2D eigenvalue weighted by Gasteiger charge is -2.28. The monoisotopic (exact) mass is 368 g/mol. The summed E-state index contributed by atoms with van der Waals surface area (Å²) in [5, 5.41) is 2.96. The maximum Gasteiger partial charge on any atom is 0.244 e. The molecule has 1 aliphatic heterocycles. The van der Waals surface area contributed by atoms with Crippen LogP contribution in [0.2, 0.25) is 0 Å². The Morgan fingerprint density at radius 2 is 1.96 bits per heavy atom. The summed E-state index contributed by atoms with van der Waals surface area (Å²) in [7, 11) is 3.15. The van der Waals surface area contributed by atoms with Gasteiger partial charge >= 0.3 is 0 Å². The average molecular weight is 368 g/mol. The van der Waals surface area contributed by atoms with E-state index < -0.39 is 0 Å². The first kappa shape index (κ1) is 18.6. The normalized spacial score (nSPS) is 13.7. The maximum absolute atomic E-state index is 12.5. The highest BCUT2D eigenvalue weighted by molar-refractivity contribution is 5.95. The van der Waals surface area contributed by atoms with Crippen molar-refractivity contribution in [2.45, 2.75) is 13.0 Å². The molecule has 1 heterocycles. The largest absolute Gasteiger partial charge is 0.497 e. The molecule has 0 aromatic heterocycles. The van der Waals surface area contributed by atoms with E-state index in [2.05, 4.69) is 22.4 Å². The fourth-order valence-electron chi connectivity index (χ4n) is 3.05. The van der Waals surface area contributed by atoms with Crippen LogP contribution in [0.3, 0.4) is 0 Å². The first-order valence-electron chi connectivity index (χ1n) is 8.74. The summed E-state index contributed by atoms with van der Waals surface area (Å²) >= 11 is 0. The third-order valence-electron chi connectivity index (χ3n) is 4.54. The number of nitrogens with zero attached hydrogens (tertiary/aromatic N) is 2. The van der Waals surface area contributed by atoms with E-state index in [0.717, 1.165) is 6.42 Å². The van der Waals surface area contributed by atoms with Crippen LogP contribution in [0.15, 0.2) is 47.5 Å². The van der Waals surface area contributed by atoms with E-state index in [1.807, 2.05) is 17.0 Å².